The van der Waals surface area contributed by atoms with Gasteiger partial charge in [0.05, 0.1) is 6.04 Å². The molecule has 0 aromatic carbocycles. The Morgan fingerprint density at radius 1 is 1.25 bits per heavy atom. The van der Waals surface area contributed by atoms with Crippen molar-refractivity contribution in [2.75, 3.05) is 25.5 Å². The Labute approximate surface area is 139 Å². The maximum atomic E-state index is 12.8. The molecule has 0 bridgehead atoms. The minimum Gasteiger partial charge on any atom is -0.361 e. The van der Waals surface area contributed by atoms with Crippen molar-refractivity contribution >= 4 is 11.7 Å². The molecule has 0 spiro atoms. The summed E-state index contributed by atoms with van der Waals surface area (Å²) < 4.78 is 5.34. The summed E-state index contributed by atoms with van der Waals surface area (Å²) in [7, 11) is 3.77. The number of amides is 1. The summed E-state index contributed by atoms with van der Waals surface area (Å²) >= 11 is 0. The minimum atomic E-state index is -0.135. The van der Waals surface area contributed by atoms with Crippen LogP contribution in [-0.4, -0.2) is 51.8 Å². The topological polar surface area (TPSA) is 88.3 Å². The molecule has 2 aromatic heterocycles. The van der Waals surface area contributed by atoms with E-state index in [2.05, 4.69) is 20.3 Å². The van der Waals surface area contributed by atoms with Crippen molar-refractivity contribution in [1.82, 2.24) is 25.2 Å². The van der Waals surface area contributed by atoms with E-state index < -0.39 is 0 Å². The fourth-order valence-electron chi connectivity index (χ4n) is 2.98. The number of anilines is 1. The molecule has 24 heavy (non-hydrogen) atoms. The SMILES string of the molecule is CN(C)c1ccc(C(=O)N2CCCC2c2noc(C3CC3)n2)nn1. The number of hydrogen-bond donors (Lipinski definition) is 0. The zero-order chi connectivity index (χ0) is 16.7. The van der Waals surface area contributed by atoms with Crippen molar-refractivity contribution < 1.29 is 9.32 Å². The average molecular weight is 328 g/mol. The van der Waals surface area contributed by atoms with Gasteiger partial charge in [-0.25, -0.2) is 0 Å². The third-order valence-corrected chi connectivity index (χ3v) is 4.52. The Morgan fingerprint density at radius 3 is 2.75 bits per heavy atom. The van der Waals surface area contributed by atoms with Gasteiger partial charge in [0.25, 0.3) is 5.91 Å². The van der Waals surface area contributed by atoms with Crippen molar-refractivity contribution in [2.45, 2.75) is 37.6 Å². The van der Waals surface area contributed by atoms with Crippen molar-refractivity contribution in [1.29, 1.82) is 0 Å². The predicted molar refractivity (Wildman–Crippen MR) is 85.6 cm³/mol. The van der Waals surface area contributed by atoms with E-state index >= 15 is 0 Å². The van der Waals surface area contributed by atoms with Gasteiger partial charge in [0, 0.05) is 26.6 Å². The van der Waals surface area contributed by atoms with Crippen molar-refractivity contribution in [3.05, 3.63) is 29.5 Å². The Bertz CT molecular complexity index is 737. The van der Waals surface area contributed by atoms with Crippen LogP contribution in [0.2, 0.25) is 0 Å². The molecule has 126 valence electrons. The smallest absolute Gasteiger partial charge is 0.274 e. The molecule has 1 amide bonds. The number of likely N-dealkylation sites (tertiary alicyclic amines) is 1. The van der Waals surface area contributed by atoms with Gasteiger partial charge in [-0.1, -0.05) is 5.16 Å². The van der Waals surface area contributed by atoms with E-state index in [1.54, 1.807) is 17.0 Å². The molecular weight excluding hydrogens is 308 g/mol. The van der Waals surface area contributed by atoms with Gasteiger partial charge in [0.2, 0.25) is 5.89 Å². The Hall–Kier alpha value is -2.51. The fourth-order valence-corrected chi connectivity index (χ4v) is 2.98. The van der Waals surface area contributed by atoms with E-state index in [0.717, 1.165) is 31.5 Å². The van der Waals surface area contributed by atoms with Crippen molar-refractivity contribution in [3.63, 3.8) is 0 Å². The third-order valence-electron chi connectivity index (χ3n) is 4.52. The first-order chi connectivity index (χ1) is 11.6. The second kappa shape index (κ2) is 5.85. The van der Waals surface area contributed by atoms with Crippen LogP contribution in [0, 0.1) is 0 Å². The molecule has 8 nitrogen and oxygen atoms in total. The summed E-state index contributed by atoms with van der Waals surface area (Å²) in [6.07, 6.45) is 4.00. The van der Waals surface area contributed by atoms with E-state index in [0.29, 0.717) is 29.9 Å². The van der Waals surface area contributed by atoms with Gasteiger partial charge in [-0.15, -0.1) is 10.2 Å². The Morgan fingerprint density at radius 2 is 2.08 bits per heavy atom. The summed E-state index contributed by atoms with van der Waals surface area (Å²) in [5.74, 6) is 2.33. The minimum absolute atomic E-state index is 0.131. The van der Waals surface area contributed by atoms with Gasteiger partial charge in [0.15, 0.2) is 17.3 Å². The van der Waals surface area contributed by atoms with E-state index in [1.165, 1.54) is 0 Å². The molecule has 0 radical (unpaired) electrons. The molecule has 1 aliphatic heterocycles. The average Bonchev–Trinajstić information content (AvgIpc) is 3.12. The molecule has 1 unspecified atom stereocenters. The maximum absolute atomic E-state index is 12.8. The number of hydrogen-bond acceptors (Lipinski definition) is 7. The molecular formula is C16H20N6O2. The molecule has 2 aliphatic rings. The Balaban J connectivity index is 1.53. The van der Waals surface area contributed by atoms with Crippen LogP contribution in [0.1, 0.15) is 59.8 Å². The van der Waals surface area contributed by atoms with Crippen LogP contribution in [0.5, 0.6) is 0 Å². The zero-order valence-electron chi connectivity index (χ0n) is 13.8. The second-order valence-electron chi connectivity index (χ2n) is 6.59. The molecule has 3 heterocycles. The van der Waals surface area contributed by atoms with E-state index in [9.17, 15) is 4.79 Å². The predicted octanol–water partition coefficient (Wildman–Crippen LogP) is 1.78. The lowest BCUT2D eigenvalue weighted by molar-refractivity contribution is 0.0721. The number of carbonyl (C=O) groups is 1. The number of rotatable bonds is 4. The second-order valence-corrected chi connectivity index (χ2v) is 6.59. The first-order valence-electron chi connectivity index (χ1n) is 8.29. The van der Waals surface area contributed by atoms with Crippen LogP contribution < -0.4 is 4.90 Å². The van der Waals surface area contributed by atoms with Gasteiger partial charge in [0.1, 0.15) is 0 Å². The monoisotopic (exact) mass is 328 g/mol. The lowest BCUT2D eigenvalue weighted by Gasteiger charge is -2.21. The zero-order valence-corrected chi connectivity index (χ0v) is 13.8. The summed E-state index contributed by atoms with van der Waals surface area (Å²) in [6, 6.07) is 3.38. The molecule has 2 fully saturated rings. The van der Waals surface area contributed by atoms with Crippen LogP contribution in [0.4, 0.5) is 5.82 Å². The quantitative estimate of drug-likeness (QED) is 0.845. The molecule has 8 heteroatoms. The first-order valence-corrected chi connectivity index (χ1v) is 8.29. The molecule has 0 N–H and O–H groups in total. The van der Waals surface area contributed by atoms with Gasteiger partial charge in [-0.2, -0.15) is 4.98 Å². The highest BCUT2D eigenvalue weighted by atomic mass is 16.5. The number of aromatic nitrogens is 4. The van der Waals surface area contributed by atoms with Gasteiger partial charge in [-0.05, 0) is 37.8 Å². The summed E-state index contributed by atoms with van der Waals surface area (Å²) in [5.41, 5.74) is 0.346. The first kappa shape index (κ1) is 15.0. The van der Waals surface area contributed by atoms with Crippen molar-refractivity contribution in [2.24, 2.45) is 0 Å². The largest absolute Gasteiger partial charge is 0.361 e. The number of nitrogens with zero attached hydrogens (tertiary/aromatic N) is 6. The third kappa shape index (κ3) is 2.72. The Kier molecular flexibility index (Phi) is 3.66. The molecule has 4 rings (SSSR count). The maximum Gasteiger partial charge on any atom is 0.274 e. The van der Waals surface area contributed by atoms with E-state index in [1.807, 2.05) is 19.0 Å². The van der Waals surface area contributed by atoms with Crippen LogP contribution in [0.15, 0.2) is 16.7 Å². The summed E-state index contributed by atoms with van der Waals surface area (Å²) in [4.78, 5) is 20.9. The summed E-state index contributed by atoms with van der Waals surface area (Å²) in [5, 5.41) is 12.3. The normalized spacial score (nSPS) is 20.4. The highest BCUT2D eigenvalue weighted by Crippen LogP contribution is 2.40. The highest BCUT2D eigenvalue weighted by molar-refractivity contribution is 5.92. The van der Waals surface area contributed by atoms with E-state index in [-0.39, 0.29) is 11.9 Å². The molecule has 2 aromatic rings. The molecule has 1 saturated carbocycles. The van der Waals surface area contributed by atoms with Crippen LogP contribution in [0.3, 0.4) is 0 Å². The van der Waals surface area contributed by atoms with Crippen LogP contribution in [-0.2, 0) is 0 Å². The van der Waals surface area contributed by atoms with Crippen LogP contribution in [0.25, 0.3) is 0 Å². The van der Waals surface area contributed by atoms with Crippen molar-refractivity contribution in [3.8, 4) is 0 Å². The van der Waals surface area contributed by atoms with Gasteiger partial charge >= 0.3 is 0 Å². The standard InChI is InChI=1S/C16H20N6O2/c1-21(2)13-8-7-11(18-19-13)16(23)22-9-3-4-12(22)14-17-15(24-20-14)10-5-6-10/h7-8,10,12H,3-6,9H2,1-2H3. The van der Waals surface area contributed by atoms with Gasteiger partial charge in [-0.3, -0.25) is 4.79 Å². The lowest BCUT2D eigenvalue weighted by Crippen LogP contribution is -2.32. The lowest BCUT2D eigenvalue weighted by atomic mass is 10.2. The molecule has 1 atom stereocenters. The fraction of sp³-hybridized carbons (Fsp3) is 0.562. The van der Waals surface area contributed by atoms with Gasteiger partial charge < -0.3 is 14.3 Å². The molecule has 1 saturated heterocycles. The van der Waals surface area contributed by atoms with E-state index in [4.69, 9.17) is 4.52 Å². The number of carbonyl (C=O) groups excluding carboxylic acids is 1. The summed E-state index contributed by atoms with van der Waals surface area (Å²) in [6.45, 7) is 0.675. The molecule has 1 aliphatic carbocycles. The van der Waals surface area contributed by atoms with Crippen LogP contribution >= 0.6 is 0 Å². The highest BCUT2D eigenvalue weighted by Gasteiger charge is 2.36.